The highest BCUT2D eigenvalue weighted by molar-refractivity contribution is 9.13. The van der Waals surface area contributed by atoms with Crippen LogP contribution < -0.4 is 11.1 Å². The molecule has 0 heterocycles. The van der Waals surface area contributed by atoms with Crippen molar-refractivity contribution in [3.8, 4) is 0 Å². The Bertz CT molecular complexity index is 594. The first-order valence-electron chi connectivity index (χ1n) is 6.18. The fraction of sp³-hybridized carbons (Fsp3) is 0.200. The molecule has 3 N–H and O–H groups in total. The lowest BCUT2D eigenvalue weighted by molar-refractivity contribution is 0.789. The molecule has 0 fully saturated rings. The molecule has 0 aliphatic heterocycles. The molecule has 0 aromatic heterocycles. The molecule has 2 rings (SSSR count). The first kappa shape index (κ1) is 16.0. The maximum atomic E-state index is 5.92. The molecule has 2 aromatic rings. The largest absolute Gasteiger partial charge is 0.377 e. The van der Waals surface area contributed by atoms with Crippen LogP contribution in [0.3, 0.4) is 0 Å². The minimum Gasteiger partial charge on any atom is -0.377 e. The molecule has 0 aliphatic rings. The van der Waals surface area contributed by atoms with Gasteiger partial charge in [-0.2, -0.15) is 0 Å². The molecule has 2 aromatic carbocycles. The molecule has 0 amide bonds. The van der Waals surface area contributed by atoms with Gasteiger partial charge in [0.1, 0.15) is 0 Å². The Morgan fingerprint density at radius 1 is 1.05 bits per heavy atom. The highest BCUT2D eigenvalue weighted by atomic mass is 79.9. The van der Waals surface area contributed by atoms with E-state index in [4.69, 9.17) is 5.73 Å². The highest BCUT2D eigenvalue weighted by Gasteiger charge is 2.11. The molecule has 0 spiro atoms. The van der Waals surface area contributed by atoms with E-state index in [2.05, 4.69) is 90.4 Å². The standard InChI is InChI=1S/C15H15Br3N2/c1-9-4-11(16)7-12(5-9)20-15(8-19)10-2-3-13(17)14(18)6-10/h2-7,15,20H,8,19H2,1H3. The predicted octanol–water partition coefficient (Wildman–Crippen LogP) is 5.39. The zero-order chi connectivity index (χ0) is 14.7. The third-order valence-electron chi connectivity index (χ3n) is 2.96. The van der Waals surface area contributed by atoms with Crippen molar-refractivity contribution < 1.29 is 0 Å². The van der Waals surface area contributed by atoms with Crippen molar-refractivity contribution in [1.82, 2.24) is 0 Å². The van der Waals surface area contributed by atoms with Crippen molar-refractivity contribution in [2.45, 2.75) is 13.0 Å². The summed E-state index contributed by atoms with van der Waals surface area (Å²) in [6.07, 6.45) is 0. The molecule has 20 heavy (non-hydrogen) atoms. The Kier molecular flexibility index (Phi) is 5.66. The van der Waals surface area contributed by atoms with Crippen LogP contribution in [0.1, 0.15) is 17.2 Å². The SMILES string of the molecule is Cc1cc(Br)cc(NC(CN)c2ccc(Br)c(Br)c2)c1. The van der Waals surface area contributed by atoms with Crippen molar-refractivity contribution in [2.75, 3.05) is 11.9 Å². The molecule has 106 valence electrons. The van der Waals surface area contributed by atoms with Crippen molar-refractivity contribution >= 4 is 53.5 Å². The number of hydrogen-bond donors (Lipinski definition) is 2. The molecule has 1 unspecified atom stereocenters. The van der Waals surface area contributed by atoms with E-state index in [0.717, 1.165) is 24.7 Å². The monoisotopic (exact) mass is 460 g/mol. The number of nitrogens with two attached hydrogens (primary N) is 1. The Morgan fingerprint density at radius 2 is 1.80 bits per heavy atom. The fourth-order valence-electron chi connectivity index (χ4n) is 2.03. The lowest BCUT2D eigenvalue weighted by atomic mass is 10.1. The summed E-state index contributed by atoms with van der Waals surface area (Å²) < 4.78 is 3.13. The molecule has 0 saturated heterocycles. The molecule has 0 saturated carbocycles. The minimum atomic E-state index is 0.0769. The van der Waals surface area contributed by atoms with Gasteiger partial charge >= 0.3 is 0 Å². The lowest BCUT2D eigenvalue weighted by Crippen LogP contribution is -2.20. The van der Waals surface area contributed by atoms with E-state index in [-0.39, 0.29) is 6.04 Å². The first-order chi connectivity index (χ1) is 9.49. The van der Waals surface area contributed by atoms with Crippen molar-refractivity contribution in [2.24, 2.45) is 5.73 Å². The van der Waals surface area contributed by atoms with Crippen LogP contribution in [0.5, 0.6) is 0 Å². The van der Waals surface area contributed by atoms with Gasteiger partial charge in [0.15, 0.2) is 0 Å². The van der Waals surface area contributed by atoms with Crippen LogP contribution >= 0.6 is 47.8 Å². The maximum Gasteiger partial charge on any atom is 0.0636 e. The Labute approximate surface area is 144 Å². The normalized spacial score (nSPS) is 12.2. The van der Waals surface area contributed by atoms with Crippen LogP contribution in [0.2, 0.25) is 0 Å². The number of anilines is 1. The van der Waals surface area contributed by atoms with Crippen molar-refractivity contribution in [1.29, 1.82) is 0 Å². The van der Waals surface area contributed by atoms with Gasteiger partial charge in [0.05, 0.1) is 6.04 Å². The second-order valence-electron chi connectivity index (χ2n) is 4.62. The maximum absolute atomic E-state index is 5.92. The summed E-state index contributed by atoms with van der Waals surface area (Å²) in [5.74, 6) is 0. The van der Waals surface area contributed by atoms with Gasteiger partial charge in [-0.3, -0.25) is 0 Å². The molecule has 0 aliphatic carbocycles. The summed E-state index contributed by atoms with van der Waals surface area (Å²) >= 11 is 10.5. The van der Waals surface area contributed by atoms with Crippen molar-refractivity contribution in [3.63, 3.8) is 0 Å². The predicted molar refractivity (Wildman–Crippen MR) is 96.1 cm³/mol. The van der Waals surface area contributed by atoms with E-state index < -0.39 is 0 Å². The number of benzene rings is 2. The summed E-state index contributed by atoms with van der Waals surface area (Å²) in [5, 5.41) is 3.48. The Morgan fingerprint density at radius 3 is 2.40 bits per heavy atom. The molecular formula is C15H15Br3N2. The van der Waals surface area contributed by atoms with E-state index in [1.165, 1.54) is 5.56 Å². The topological polar surface area (TPSA) is 38.0 Å². The van der Waals surface area contributed by atoms with E-state index in [9.17, 15) is 0 Å². The molecule has 0 radical (unpaired) electrons. The van der Waals surface area contributed by atoms with Gasteiger partial charge in [-0.15, -0.1) is 0 Å². The van der Waals surface area contributed by atoms with Gasteiger partial charge in [0, 0.05) is 25.7 Å². The van der Waals surface area contributed by atoms with Gasteiger partial charge in [0.25, 0.3) is 0 Å². The van der Waals surface area contributed by atoms with Crippen LogP contribution in [0.25, 0.3) is 0 Å². The summed E-state index contributed by atoms with van der Waals surface area (Å²) in [6.45, 7) is 2.60. The number of halogens is 3. The average molecular weight is 463 g/mol. The van der Waals surface area contributed by atoms with E-state index in [0.29, 0.717) is 6.54 Å². The minimum absolute atomic E-state index is 0.0769. The average Bonchev–Trinajstić information content (AvgIpc) is 2.38. The molecular weight excluding hydrogens is 448 g/mol. The quantitative estimate of drug-likeness (QED) is 0.639. The van der Waals surface area contributed by atoms with E-state index in [1.54, 1.807) is 0 Å². The zero-order valence-electron chi connectivity index (χ0n) is 11.0. The van der Waals surface area contributed by atoms with Gasteiger partial charge < -0.3 is 11.1 Å². The summed E-state index contributed by atoms with van der Waals surface area (Å²) in [5.41, 5.74) is 9.33. The fourth-order valence-corrected chi connectivity index (χ4v) is 3.28. The lowest BCUT2D eigenvalue weighted by Gasteiger charge is -2.20. The number of rotatable bonds is 4. The van der Waals surface area contributed by atoms with Gasteiger partial charge in [-0.25, -0.2) is 0 Å². The zero-order valence-corrected chi connectivity index (χ0v) is 15.7. The second kappa shape index (κ2) is 7.07. The van der Waals surface area contributed by atoms with Crippen LogP contribution in [0.4, 0.5) is 5.69 Å². The van der Waals surface area contributed by atoms with Gasteiger partial charge in [0.2, 0.25) is 0 Å². The summed E-state index contributed by atoms with van der Waals surface area (Å²) in [7, 11) is 0. The van der Waals surface area contributed by atoms with E-state index in [1.807, 2.05) is 6.07 Å². The van der Waals surface area contributed by atoms with E-state index >= 15 is 0 Å². The molecule has 0 bridgehead atoms. The van der Waals surface area contributed by atoms with Crippen LogP contribution in [0, 0.1) is 6.92 Å². The Hall–Kier alpha value is -0.360. The smallest absolute Gasteiger partial charge is 0.0636 e. The number of hydrogen-bond acceptors (Lipinski definition) is 2. The van der Waals surface area contributed by atoms with Crippen LogP contribution in [0.15, 0.2) is 49.8 Å². The van der Waals surface area contributed by atoms with Crippen molar-refractivity contribution in [3.05, 3.63) is 60.9 Å². The highest BCUT2D eigenvalue weighted by Crippen LogP contribution is 2.28. The second-order valence-corrected chi connectivity index (χ2v) is 7.25. The Balaban J connectivity index is 2.26. The van der Waals surface area contributed by atoms with Gasteiger partial charge in [-0.1, -0.05) is 22.0 Å². The molecule has 2 nitrogen and oxygen atoms in total. The third-order valence-corrected chi connectivity index (χ3v) is 5.30. The first-order valence-corrected chi connectivity index (χ1v) is 8.56. The number of nitrogens with one attached hydrogen (secondary N) is 1. The number of aryl methyl sites for hydroxylation is 1. The third kappa shape index (κ3) is 4.07. The van der Waals surface area contributed by atoms with Gasteiger partial charge in [-0.05, 0) is 80.2 Å². The molecule has 5 heteroatoms. The van der Waals surface area contributed by atoms with Crippen LogP contribution in [-0.4, -0.2) is 6.54 Å². The summed E-state index contributed by atoms with van der Waals surface area (Å²) in [6, 6.07) is 12.5. The molecule has 1 atom stereocenters. The summed E-state index contributed by atoms with van der Waals surface area (Å²) in [4.78, 5) is 0. The van der Waals surface area contributed by atoms with Crippen LogP contribution in [-0.2, 0) is 0 Å².